The first kappa shape index (κ1) is 21.6. The second-order valence-electron chi connectivity index (χ2n) is 6.19. The van der Waals surface area contributed by atoms with Crippen molar-refractivity contribution < 1.29 is 13.9 Å². The van der Waals surface area contributed by atoms with E-state index in [1.54, 1.807) is 18.2 Å². The van der Waals surface area contributed by atoms with Crippen LogP contribution in [0.4, 0.5) is 10.1 Å². The Morgan fingerprint density at radius 2 is 1.90 bits per heavy atom. The van der Waals surface area contributed by atoms with Crippen molar-refractivity contribution in [3.8, 4) is 11.8 Å². The highest BCUT2D eigenvalue weighted by molar-refractivity contribution is 9.10. The molecular weight excluding hydrogens is 471 g/mol. The summed E-state index contributed by atoms with van der Waals surface area (Å²) in [5.41, 5.74) is 1.66. The van der Waals surface area contributed by atoms with Gasteiger partial charge >= 0.3 is 0 Å². The van der Waals surface area contributed by atoms with E-state index >= 15 is 0 Å². The molecule has 3 aromatic rings. The molecule has 0 radical (unpaired) electrons. The van der Waals surface area contributed by atoms with Gasteiger partial charge in [-0.1, -0.05) is 45.7 Å². The number of anilines is 1. The molecule has 1 N–H and O–H groups in total. The van der Waals surface area contributed by atoms with E-state index in [-0.39, 0.29) is 12.2 Å². The molecule has 1 amide bonds. The van der Waals surface area contributed by atoms with Crippen LogP contribution in [0.3, 0.4) is 0 Å². The molecule has 0 saturated heterocycles. The molecule has 0 unspecified atom stereocenters. The summed E-state index contributed by atoms with van der Waals surface area (Å²) in [6.07, 6.45) is 1.40. The number of hydrogen-bond donors (Lipinski definition) is 1. The number of amides is 1. The van der Waals surface area contributed by atoms with Gasteiger partial charge < -0.3 is 10.1 Å². The second kappa shape index (κ2) is 10.1. The highest BCUT2D eigenvalue weighted by Gasteiger charge is 2.12. The molecule has 0 spiro atoms. The van der Waals surface area contributed by atoms with Gasteiger partial charge in [-0.2, -0.15) is 5.26 Å². The lowest BCUT2D eigenvalue weighted by atomic mass is 10.1. The smallest absolute Gasteiger partial charge is 0.266 e. The fourth-order valence-corrected chi connectivity index (χ4v) is 3.15. The van der Waals surface area contributed by atoms with Crippen molar-refractivity contribution in [3.05, 3.63) is 98.7 Å². The average molecular weight is 486 g/mol. The first-order chi connectivity index (χ1) is 14.5. The van der Waals surface area contributed by atoms with E-state index in [2.05, 4.69) is 21.2 Å². The first-order valence-electron chi connectivity index (χ1n) is 8.81. The lowest BCUT2D eigenvalue weighted by Gasteiger charge is -2.11. The van der Waals surface area contributed by atoms with Gasteiger partial charge in [-0.15, -0.1) is 0 Å². The van der Waals surface area contributed by atoms with Gasteiger partial charge in [-0.3, -0.25) is 4.79 Å². The summed E-state index contributed by atoms with van der Waals surface area (Å²) >= 11 is 9.57. The van der Waals surface area contributed by atoms with E-state index in [1.165, 1.54) is 30.3 Å². The zero-order valence-corrected chi connectivity index (χ0v) is 17.9. The minimum absolute atomic E-state index is 0.146. The summed E-state index contributed by atoms with van der Waals surface area (Å²) < 4.78 is 19.8. The highest BCUT2D eigenvalue weighted by atomic mass is 79.9. The number of carbonyl (C=O) groups excluding carboxylic acids is 1. The zero-order chi connectivity index (χ0) is 21.5. The van der Waals surface area contributed by atoms with E-state index in [1.807, 2.05) is 30.3 Å². The zero-order valence-electron chi connectivity index (χ0n) is 15.5. The van der Waals surface area contributed by atoms with E-state index in [9.17, 15) is 14.4 Å². The number of halogens is 3. The maximum absolute atomic E-state index is 13.0. The fourth-order valence-electron chi connectivity index (χ4n) is 2.57. The van der Waals surface area contributed by atoms with Crippen molar-refractivity contribution in [3.63, 3.8) is 0 Å². The predicted molar refractivity (Wildman–Crippen MR) is 119 cm³/mol. The molecule has 0 atom stereocenters. The third-order valence-corrected chi connectivity index (χ3v) is 5.09. The molecule has 4 nitrogen and oxygen atoms in total. The molecule has 7 heteroatoms. The van der Waals surface area contributed by atoms with Crippen molar-refractivity contribution in [2.75, 3.05) is 5.32 Å². The van der Waals surface area contributed by atoms with Crippen LogP contribution in [-0.2, 0) is 11.4 Å². The van der Waals surface area contributed by atoms with Crippen LogP contribution < -0.4 is 10.1 Å². The lowest BCUT2D eigenvalue weighted by Crippen LogP contribution is -2.13. The molecule has 3 aromatic carbocycles. The van der Waals surface area contributed by atoms with Crippen molar-refractivity contribution in [1.82, 2.24) is 0 Å². The normalized spacial score (nSPS) is 10.9. The fraction of sp³-hybridized carbons (Fsp3) is 0.0435. The van der Waals surface area contributed by atoms with Crippen molar-refractivity contribution in [2.24, 2.45) is 0 Å². The van der Waals surface area contributed by atoms with Crippen molar-refractivity contribution in [1.29, 1.82) is 5.26 Å². The third kappa shape index (κ3) is 5.69. The van der Waals surface area contributed by atoms with Gasteiger partial charge in [0.05, 0.1) is 0 Å². The van der Waals surface area contributed by atoms with E-state index in [0.717, 1.165) is 10.0 Å². The minimum atomic E-state index is -0.624. The van der Waals surface area contributed by atoms with Crippen LogP contribution in [0.25, 0.3) is 6.08 Å². The molecule has 0 aliphatic heterocycles. The summed E-state index contributed by atoms with van der Waals surface area (Å²) in [5, 5.41) is 12.5. The molecule has 150 valence electrons. The summed E-state index contributed by atoms with van der Waals surface area (Å²) in [6, 6.07) is 19.7. The van der Waals surface area contributed by atoms with Crippen LogP contribution >= 0.6 is 27.5 Å². The van der Waals surface area contributed by atoms with Gasteiger partial charge in [-0.25, -0.2) is 4.39 Å². The second-order valence-corrected chi connectivity index (χ2v) is 7.48. The van der Waals surface area contributed by atoms with Crippen LogP contribution in [0, 0.1) is 17.1 Å². The van der Waals surface area contributed by atoms with Gasteiger partial charge in [0.1, 0.15) is 29.8 Å². The molecule has 0 bridgehead atoms. The Bertz CT molecular complexity index is 1140. The van der Waals surface area contributed by atoms with Crippen LogP contribution in [0.2, 0.25) is 5.02 Å². The SMILES string of the molecule is N#C/C(=C\c1cc(Cl)ccc1OCc1ccccc1Br)C(=O)Nc1ccc(F)cc1. The number of nitrogens with one attached hydrogen (secondary N) is 1. The number of carbonyl (C=O) groups is 1. The van der Waals surface area contributed by atoms with Crippen LogP contribution in [0.1, 0.15) is 11.1 Å². The monoisotopic (exact) mass is 484 g/mol. The number of benzene rings is 3. The largest absolute Gasteiger partial charge is 0.488 e. The van der Waals surface area contributed by atoms with E-state index in [0.29, 0.717) is 22.0 Å². The molecule has 0 aliphatic carbocycles. The molecule has 0 saturated carbocycles. The molecule has 0 aliphatic rings. The molecule has 0 fully saturated rings. The Morgan fingerprint density at radius 3 is 2.60 bits per heavy atom. The van der Waals surface area contributed by atoms with Crippen molar-refractivity contribution in [2.45, 2.75) is 6.61 Å². The number of rotatable bonds is 6. The molecular formula is C23H15BrClFN2O2. The summed E-state index contributed by atoms with van der Waals surface area (Å²) in [5.74, 6) is -0.576. The maximum atomic E-state index is 13.0. The van der Waals surface area contributed by atoms with Gasteiger partial charge in [0, 0.05) is 26.3 Å². The van der Waals surface area contributed by atoms with Crippen LogP contribution in [-0.4, -0.2) is 5.91 Å². The first-order valence-corrected chi connectivity index (χ1v) is 9.98. The van der Waals surface area contributed by atoms with Gasteiger partial charge in [-0.05, 0) is 54.6 Å². The van der Waals surface area contributed by atoms with Gasteiger partial charge in [0.25, 0.3) is 5.91 Å². The number of ether oxygens (including phenoxy) is 1. The average Bonchev–Trinajstić information content (AvgIpc) is 2.74. The van der Waals surface area contributed by atoms with Crippen molar-refractivity contribution >= 4 is 45.2 Å². The molecule has 30 heavy (non-hydrogen) atoms. The number of nitrogens with zero attached hydrogens (tertiary/aromatic N) is 1. The molecule has 3 rings (SSSR count). The summed E-state index contributed by atoms with van der Waals surface area (Å²) in [7, 11) is 0. The Morgan fingerprint density at radius 1 is 1.17 bits per heavy atom. The van der Waals surface area contributed by atoms with Gasteiger partial charge in [0.15, 0.2) is 0 Å². The summed E-state index contributed by atoms with van der Waals surface area (Å²) in [6.45, 7) is 0.285. The van der Waals surface area contributed by atoms with Gasteiger partial charge in [0.2, 0.25) is 0 Å². The Kier molecular flexibility index (Phi) is 7.23. The Balaban J connectivity index is 1.83. The molecule has 0 heterocycles. The number of hydrogen-bond acceptors (Lipinski definition) is 3. The van der Waals surface area contributed by atoms with E-state index in [4.69, 9.17) is 16.3 Å². The lowest BCUT2D eigenvalue weighted by molar-refractivity contribution is -0.112. The number of nitriles is 1. The third-order valence-electron chi connectivity index (χ3n) is 4.08. The van der Waals surface area contributed by atoms with Crippen LogP contribution in [0.15, 0.2) is 76.8 Å². The quantitative estimate of drug-likeness (QED) is 0.326. The molecule has 0 aromatic heterocycles. The topological polar surface area (TPSA) is 62.1 Å². The maximum Gasteiger partial charge on any atom is 0.266 e. The Labute approximate surface area is 186 Å². The van der Waals surface area contributed by atoms with Crippen LogP contribution in [0.5, 0.6) is 5.75 Å². The highest BCUT2D eigenvalue weighted by Crippen LogP contribution is 2.27. The predicted octanol–water partition coefficient (Wildman–Crippen LogP) is 6.37. The summed E-state index contributed by atoms with van der Waals surface area (Å²) in [4.78, 5) is 12.5. The Hall–Kier alpha value is -3.14. The standard InChI is InChI=1S/C23H15BrClFN2O2/c24-21-4-2-1-3-15(21)14-30-22-10-5-18(25)12-16(22)11-17(13-27)23(29)28-20-8-6-19(26)7-9-20/h1-12H,14H2,(H,28,29)/b17-11+. The van der Waals surface area contributed by atoms with E-state index < -0.39 is 11.7 Å². The minimum Gasteiger partial charge on any atom is -0.488 e.